The molecule has 19 heavy (non-hydrogen) atoms. The van der Waals surface area contributed by atoms with Gasteiger partial charge in [0.05, 0.1) is 11.5 Å². The predicted molar refractivity (Wildman–Crippen MR) is 78.2 cm³/mol. The lowest BCUT2D eigenvalue weighted by Gasteiger charge is -2.26. The summed E-state index contributed by atoms with van der Waals surface area (Å²) in [5.41, 5.74) is 0.702. The molecule has 1 aliphatic rings. The number of carbonyl (C=O) groups is 1. The maximum atomic E-state index is 12.0. The van der Waals surface area contributed by atoms with Crippen molar-refractivity contribution >= 4 is 31.6 Å². The second kappa shape index (κ2) is 6.15. The lowest BCUT2D eigenvalue weighted by molar-refractivity contribution is 0.0966. The van der Waals surface area contributed by atoms with Gasteiger partial charge in [0, 0.05) is 36.1 Å². The molecule has 1 aromatic carbocycles. The third kappa shape index (κ3) is 4.40. The summed E-state index contributed by atoms with van der Waals surface area (Å²) in [4.78, 5) is 14.0. The lowest BCUT2D eigenvalue weighted by Crippen LogP contribution is -2.41. The molecule has 0 unspecified atom stereocenters. The molecule has 0 aromatic heterocycles. The number of ketones is 1. The van der Waals surface area contributed by atoms with Gasteiger partial charge in [-0.05, 0) is 12.1 Å². The molecule has 1 heterocycles. The van der Waals surface area contributed by atoms with Crippen molar-refractivity contribution in [2.24, 2.45) is 0 Å². The fourth-order valence-electron chi connectivity index (χ4n) is 2.01. The van der Waals surface area contributed by atoms with E-state index < -0.39 is 9.84 Å². The van der Waals surface area contributed by atoms with E-state index in [4.69, 9.17) is 0 Å². The number of rotatable bonds is 4. The van der Waals surface area contributed by atoms with Gasteiger partial charge in [0.25, 0.3) is 0 Å². The second-order valence-electron chi connectivity index (χ2n) is 4.67. The van der Waals surface area contributed by atoms with E-state index in [2.05, 4.69) is 15.9 Å². The molecule has 0 bridgehead atoms. The summed E-state index contributed by atoms with van der Waals surface area (Å²) >= 11 is 3.33. The van der Waals surface area contributed by atoms with Gasteiger partial charge in [0.1, 0.15) is 0 Å². The highest BCUT2D eigenvalue weighted by Gasteiger charge is 2.21. The van der Waals surface area contributed by atoms with Crippen molar-refractivity contribution in [2.45, 2.75) is 6.42 Å². The van der Waals surface area contributed by atoms with Crippen LogP contribution in [-0.2, 0) is 9.84 Å². The van der Waals surface area contributed by atoms with Crippen molar-refractivity contribution < 1.29 is 13.2 Å². The van der Waals surface area contributed by atoms with Crippen LogP contribution in [-0.4, -0.2) is 50.2 Å². The lowest BCUT2D eigenvalue weighted by atomic mass is 10.1. The first kappa shape index (κ1) is 14.7. The highest BCUT2D eigenvalue weighted by molar-refractivity contribution is 9.10. The minimum atomic E-state index is -2.84. The fraction of sp³-hybridized carbons (Fsp3) is 0.462. The number of Topliss-reactive ketones (excluding diaryl/α,β-unsaturated/α-hetero) is 1. The molecular weight excluding hydrogens is 330 g/mol. The number of hydrogen-bond donors (Lipinski definition) is 0. The largest absolute Gasteiger partial charge is 0.301 e. The summed E-state index contributed by atoms with van der Waals surface area (Å²) in [6, 6.07) is 7.29. The second-order valence-corrected chi connectivity index (χ2v) is 7.89. The fourth-order valence-corrected chi connectivity index (χ4v) is 3.55. The molecule has 0 radical (unpaired) electrons. The normalized spacial score (nSPS) is 19.2. The quantitative estimate of drug-likeness (QED) is 0.780. The molecule has 104 valence electrons. The molecule has 6 heteroatoms. The molecule has 1 saturated heterocycles. The van der Waals surface area contributed by atoms with Gasteiger partial charge in [0.2, 0.25) is 0 Å². The van der Waals surface area contributed by atoms with E-state index in [0.29, 0.717) is 31.6 Å². The zero-order chi connectivity index (χ0) is 13.9. The average molecular weight is 346 g/mol. The van der Waals surface area contributed by atoms with Gasteiger partial charge >= 0.3 is 0 Å². The molecule has 0 saturated carbocycles. The van der Waals surface area contributed by atoms with E-state index in [1.807, 2.05) is 17.0 Å². The molecular formula is C13H16BrNO3S. The van der Waals surface area contributed by atoms with Crippen molar-refractivity contribution in [3.63, 3.8) is 0 Å². The van der Waals surface area contributed by atoms with Gasteiger partial charge in [-0.25, -0.2) is 8.42 Å². The Morgan fingerprint density at radius 1 is 1.16 bits per heavy atom. The third-order valence-corrected chi connectivity index (χ3v) is 5.40. The topological polar surface area (TPSA) is 54.5 Å². The SMILES string of the molecule is O=C(CCN1CCS(=O)(=O)CC1)c1ccc(Br)cc1. The number of hydrogen-bond acceptors (Lipinski definition) is 4. The molecule has 1 fully saturated rings. The predicted octanol–water partition coefficient (Wildman–Crippen LogP) is 1.75. The van der Waals surface area contributed by atoms with Gasteiger partial charge in [-0.3, -0.25) is 4.79 Å². The van der Waals surface area contributed by atoms with E-state index in [0.717, 1.165) is 4.47 Å². The van der Waals surface area contributed by atoms with Crippen LogP contribution in [0.3, 0.4) is 0 Å². The minimum Gasteiger partial charge on any atom is -0.301 e. The van der Waals surface area contributed by atoms with E-state index in [1.54, 1.807) is 12.1 Å². The van der Waals surface area contributed by atoms with Gasteiger partial charge in [0.15, 0.2) is 15.6 Å². The van der Waals surface area contributed by atoms with Gasteiger partial charge in [-0.2, -0.15) is 0 Å². The van der Waals surface area contributed by atoms with Gasteiger partial charge < -0.3 is 4.90 Å². The Bertz CT molecular complexity index is 540. The highest BCUT2D eigenvalue weighted by Crippen LogP contribution is 2.12. The molecule has 0 spiro atoms. The van der Waals surface area contributed by atoms with Crippen molar-refractivity contribution in [1.82, 2.24) is 4.90 Å². The van der Waals surface area contributed by atoms with Crippen LogP contribution in [0.5, 0.6) is 0 Å². The minimum absolute atomic E-state index is 0.0981. The first-order valence-electron chi connectivity index (χ1n) is 6.18. The Labute approximate surface area is 121 Å². The number of halogens is 1. The monoisotopic (exact) mass is 345 g/mol. The molecule has 4 nitrogen and oxygen atoms in total. The molecule has 1 aromatic rings. The first-order chi connectivity index (χ1) is 8.96. The standard InChI is InChI=1S/C13H16BrNO3S/c14-12-3-1-11(2-4-12)13(16)5-6-15-7-9-19(17,18)10-8-15/h1-4H,5-10H2. The maximum Gasteiger partial charge on any atom is 0.164 e. The summed E-state index contributed by atoms with van der Waals surface area (Å²) in [6.45, 7) is 1.70. The number of nitrogens with zero attached hydrogens (tertiary/aromatic N) is 1. The summed E-state index contributed by atoms with van der Waals surface area (Å²) in [6.07, 6.45) is 0.432. The average Bonchev–Trinajstić information content (AvgIpc) is 2.38. The van der Waals surface area contributed by atoms with Crippen LogP contribution in [0.4, 0.5) is 0 Å². The Hall–Kier alpha value is -0.720. The van der Waals surface area contributed by atoms with Crippen LogP contribution in [0.2, 0.25) is 0 Å². The van der Waals surface area contributed by atoms with Crippen molar-refractivity contribution in [1.29, 1.82) is 0 Å². The summed E-state index contributed by atoms with van der Waals surface area (Å²) in [5.74, 6) is 0.514. The Morgan fingerprint density at radius 3 is 2.32 bits per heavy atom. The highest BCUT2D eigenvalue weighted by atomic mass is 79.9. The molecule has 1 aliphatic heterocycles. The number of sulfone groups is 1. The maximum absolute atomic E-state index is 12.0. The summed E-state index contributed by atoms with van der Waals surface area (Å²) < 4.78 is 23.5. The zero-order valence-corrected chi connectivity index (χ0v) is 12.9. The van der Waals surface area contributed by atoms with Gasteiger partial charge in [-0.15, -0.1) is 0 Å². The molecule has 0 amide bonds. The molecule has 0 atom stereocenters. The summed E-state index contributed by atoms with van der Waals surface area (Å²) in [5, 5.41) is 0. The Kier molecular flexibility index (Phi) is 4.76. The van der Waals surface area contributed by atoms with Crippen LogP contribution >= 0.6 is 15.9 Å². The van der Waals surface area contributed by atoms with E-state index in [9.17, 15) is 13.2 Å². The van der Waals surface area contributed by atoms with Crippen molar-refractivity contribution in [3.8, 4) is 0 Å². The van der Waals surface area contributed by atoms with Crippen LogP contribution in [0.15, 0.2) is 28.7 Å². The molecule has 0 aliphatic carbocycles. The van der Waals surface area contributed by atoms with Crippen LogP contribution in [0.1, 0.15) is 16.8 Å². The van der Waals surface area contributed by atoms with Crippen molar-refractivity contribution in [2.75, 3.05) is 31.1 Å². The van der Waals surface area contributed by atoms with E-state index in [1.165, 1.54) is 0 Å². The van der Waals surface area contributed by atoms with E-state index >= 15 is 0 Å². The van der Waals surface area contributed by atoms with Crippen LogP contribution in [0, 0.1) is 0 Å². The Balaban J connectivity index is 1.83. The summed E-state index contributed by atoms with van der Waals surface area (Å²) in [7, 11) is -2.84. The smallest absolute Gasteiger partial charge is 0.164 e. The van der Waals surface area contributed by atoms with E-state index in [-0.39, 0.29) is 17.3 Å². The molecule has 0 N–H and O–H groups in total. The van der Waals surface area contributed by atoms with Crippen molar-refractivity contribution in [3.05, 3.63) is 34.3 Å². The third-order valence-electron chi connectivity index (χ3n) is 3.26. The molecule has 2 rings (SSSR count). The van der Waals surface area contributed by atoms with Crippen LogP contribution in [0.25, 0.3) is 0 Å². The van der Waals surface area contributed by atoms with Gasteiger partial charge in [-0.1, -0.05) is 28.1 Å². The Morgan fingerprint density at radius 2 is 1.74 bits per heavy atom. The number of benzene rings is 1. The zero-order valence-electron chi connectivity index (χ0n) is 10.5. The van der Waals surface area contributed by atoms with Crippen LogP contribution < -0.4 is 0 Å². The first-order valence-corrected chi connectivity index (χ1v) is 8.79. The number of carbonyl (C=O) groups excluding carboxylic acids is 1.